The number of para-hydroxylation sites is 1. The molecule has 0 aliphatic rings. The largest absolute Gasteiger partial charge is 0.381 e. The van der Waals surface area contributed by atoms with Crippen LogP contribution in [0.2, 0.25) is 0 Å². The number of H-pyrrole nitrogens is 1. The molecule has 0 aliphatic carbocycles. The number of aromatic nitrogens is 1. The molecule has 0 fully saturated rings. The van der Waals surface area contributed by atoms with Gasteiger partial charge in [0.05, 0.1) is 6.61 Å². The molecule has 2 aromatic rings. The number of aromatic amines is 1. The van der Waals surface area contributed by atoms with E-state index in [1.807, 2.05) is 6.07 Å². The second-order valence-electron chi connectivity index (χ2n) is 3.86. The zero-order valence-corrected chi connectivity index (χ0v) is 9.41. The highest BCUT2D eigenvalue weighted by Gasteiger charge is 2.01. The van der Waals surface area contributed by atoms with Gasteiger partial charge in [-0.3, -0.25) is 0 Å². The van der Waals surface area contributed by atoms with Crippen LogP contribution in [0.3, 0.4) is 0 Å². The topological polar surface area (TPSA) is 51.0 Å². The molecule has 0 amide bonds. The molecule has 0 radical (unpaired) electrons. The van der Waals surface area contributed by atoms with Crippen molar-refractivity contribution < 1.29 is 4.74 Å². The summed E-state index contributed by atoms with van der Waals surface area (Å²) in [6, 6.07) is 8.34. The van der Waals surface area contributed by atoms with Gasteiger partial charge in [-0.25, -0.2) is 0 Å². The average molecular weight is 218 g/mol. The van der Waals surface area contributed by atoms with E-state index >= 15 is 0 Å². The Hall–Kier alpha value is -1.32. The van der Waals surface area contributed by atoms with Crippen LogP contribution in [0, 0.1) is 0 Å². The fourth-order valence-corrected chi connectivity index (χ4v) is 1.81. The second-order valence-corrected chi connectivity index (χ2v) is 3.86. The Morgan fingerprint density at radius 1 is 1.19 bits per heavy atom. The fraction of sp³-hybridized carbons (Fsp3) is 0.385. The molecule has 3 nitrogen and oxygen atoms in total. The number of rotatable bonds is 6. The lowest BCUT2D eigenvalue weighted by Crippen LogP contribution is -2.06. The first-order valence-electron chi connectivity index (χ1n) is 5.74. The number of nitrogens with one attached hydrogen (secondary N) is 1. The first-order chi connectivity index (χ1) is 7.92. The summed E-state index contributed by atoms with van der Waals surface area (Å²) in [5.74, 6) is 0. The summed E-state index contributed by atoms with van der Waals surface area (Å²) in [4.78, 5) is 3.26. The smallest absolute Gasteiger partial charge is 0.0507 e. The van der Waals surface area contributed by atoms with Gasteiger partial charge in [-0.2, -0.15) is 0 Å². The van der Waals surface area contributed by atoms with Crippen molar-refractivity contribution >= 4 is 10.9 Å². The molecular formula is C13H18N2O. The quantitative estimate of drug-likeness (QED) is 0.729. The average Bonchev–Trinajstić information content (AvgIpc) is 2.73. The molecule has 1 aromatic heterocycles. The first-order valence-corrected chi connectivity index (χ1v) is 5.74. The van der Waals surface area contributed by atoms with Crippen molar-refractivity contribution in [2.24, 2.45) is 5.73 Å². The third-order valence-corrected chi connectivity index (χ3v) is 2.68. The van der Waals surface area contributed by atoms with Gasteiger partial charge < -0.3 is 15.5 Å². The first kappa shape index (κ1) is 11.2. The molecule has 0 spiro atoms. The van der Waals surface area contributed by atoms with Crippen molar-refractivity contribution in [2.45, 2.75) is 12.8 Å². The van der Waals surface area contributed by atoms with E-state index in [-0.39, 0.29) is 0 Å². The van der Waals surface area contributed by atoms with Gasteiger partial charge in [0.15, 0.2) is 0 Å². The van der Waals surface area contributed by atoms with Crippen molar-refractivity contribution in [3.63, 3.8) is 0 Å². The minimum absolute atomic E-state index is 0.701. The maximum absolute atomic E-state index is 5.50. The van der Waals surface area contributed by atoms with E-state index in [1.54, 1.807) is 0 Å². The van der Waals surface area contributed by atoms with Crippen LogP contribution in [0.5, 0.6) is 0 Å². The highest BCUT2D eigenvalue weighted by Crippen LogP contribution is 2.17. The second kappa shape index (κ2) is 5.68. The van der Waals surface area contributed by atoms with Crippen molar-refractivity contribution in [1.29, 1.82) is 0 Å². The third-order valence-electron chi connectivity index (χ3n) is 2.68. The maximum atomic E-state index is 5.50. The van der Waals surface area contributed by atoms with Gasteiger partial charge in [0, 0.05) is 23.7 Å². The molecule has 0 aliphatic heterocycles. The molecule has 16 heavy (non-hydrogen) atoms. The van der Waals surface area contributed by atoms with Gasteiger partial charge in [0.25, 0.3) is 0 Å². The highest BCUT2D eigenvalue weighted by molar-refractivity contribution is 5.82. The molecule has 0 bridgehead atoms. The standard InChI is InChI=1S/C13H18N2O/c14-7-3-8-16-9-6-11-10-15-13-5-2-1-4-12(11)13/h1-2,4-5,10,15H,3,6-9,14H2. The van der Waals surface area contributed by atoms with Crippen LogP contribution in [0.25, 0.3) is 10.9 Å². The van der Waals surface area contributed by atoms with Crippen LogP contribution in [-0.4, -0.2) is 24.7 Å². The molecule has 0 saturated heterocycles. The van der Waals surface area contributed by atoms with E-state index in [1.165, 1.54) is 16.5 Å². The summed E-state index contributed by atoms with van der Waals surface area (Å²) >= 11 is 0. The predicted molar refractivity (Wildman–Crippen MR) is 66.5 cm³/mol. The summed E-state index contributed by atoms with van der Waals surface area (Å²) in [7, 11) is 0. The van der Waals surface area contributed by atoms with Crippen molar-refractivity contribution in [3.8, 4) is 0 Å². The zero-order valence-electron chi connectivity index (χ0n) is 9.41. The van der Waals surface area contributed by atoms with Gasteiger partial charge >= 0.3 is 0 Å². The van der Waals surface area contributed by atoms with Gasteiger partial charge in [-0.1, -0.05) is 18.2 Å². The molecular weight excluding hydrogens is 200 g/mol. The SMILES string of the molecule is NCCCOCCc1c[nH]c2ccccc12. The molecule has 3 N–H and O–H groups in total. The predicted octanol–water partition coefficient (Wildman–Crippen LogP) is 2.08. The minimum Gasteiger partial charge on any atom is -0.381 e. The van der Waals surface area contributed by atoms with E-state index in [0.717, 1.165) is 26.1 Å². The van der Waals surface area contributed by atoms with Crippen LogP contribution >= 0.6 is 0 Å². The Morgan fingerprint density at radius 3 is 2.94 bits per heavy atom. The summed E-state index contributed by atoms with van der Waals surface area (Å²) in [5.41, 5.74) is 7.91. The van der Waals surface area contributed by atoms with Crippen LogP contribution in [0.15, 0.2) is 30.5 Å². The van der Waals surface area contributed by atoms with E-state index in [2.05, 4.69) is 29.4 Å². The Balaban J connectivity index is 1.89. The monoisotopic (exact) mass is 218 g/mol. The summed E-state index contributed by atoms with van der Waals surface area (Å²) in [5, 5.41) is 1.30. The molecule has 86 valence electrons. The Labute approximate surface area is 95.6 Å². The molecule has 0 saturated carbocycles. The van der Waals surface area contributed by atoms with E-state index < -0.39 is 0 Å². The lowest BCUT2D eigenvalue weighted by atomic mass is 10.1. The Morgan fingerprint density at radius 2 is 2.06 bits per heavy atom. The minimum atomic E-state index is 0.701. The van der Waals surface area contributed by atoms with E-state index in [0.29, 0.717) is 6.54 Å². The molecule has 3 heteroatoms. The molecule has 0 atom stereocenters. The van der Waals surface area contributed by atoms with Crippen LogP contribution < -0.4 is 5.73 Å². The Kier molecular flexibility index (Phi) is 3.97. The number of benzene rings is 1. The summed E-state index contributed by atoms with van der Waals surface area (Å²) < 4.78 is 5.50. The summed E-state index contributed by atoms with van der Waals surface area (Å²) in [6.07, 6.45) is 3.96. The van der Waals surface area contributed by atoms with Crippen molar-refractivity contribution in [1.82, 2.24) is 4.98 Å². The van der Waals surface area contributed by atoms with Crippen LogP contribution in [0.4, 0.5) is 0 Å². The van der Waals surface area contributed by atoms with Crippen molar-refractivity contribution in [2.75, 3.05) is 19.8 Å². The third kappa shape index (κ3) is 2.62. The van der Waals surface area contributed by atoms with Gasteiger partial charge in [-0.05, 0) is 31.0 Å². The lowest BCUT2D eigenvalue weighted by molar-refractivity contribution is 0.136. The number of fused-ring (bicyclic) bond motifs is 1. The molecule has 1 heterocycles. The maximum Gasteiger partial charge on any atom is 0.0507 e. The molecule has 1 aromatic carbocycles. The van der Waals surface area contributed by atoms with Gasteiger partial charge in [0.1, 0.15) is 0 Å². The van der Waals surface area contributed by atoms with E-state index in [9.17, 15) is 0 Å². The van der Waals surface area contributed by atoms with Crippen LogP contribution in [0.1, 0.15) is 12.0 Å². The van der Waals surface area contributed by atoms with Crippen molar-refractivity contribution in [3.05, 3.63) is 36.0 Å². The normalized spacial score (nSPS) is 11.1. The Bertz CT molecular complexity index is 436. The molecule has 0 unspecified atom stereocenters. The van der Waals surface area contributed by atoms with E-state index in [4.69, 9.17) is 10.5 Å². The fourth-order valence-electron chi connectivity index (χ4n) is 1.81. The highest BCUT2D eigenvalue weighted by atomic mass is 16.5. The number of hydrogen-bond acceptors (Lipinski definition) is 2. The number of nitrogens with two attached hydrogens (primary N) is 1. The summed E-state index contributed by atoms with van der Waals surface area (Å²) in [6.45, 7) is 2.23. The van der Waals surface area contributed by atoms with Gasteiger partial charge in [0.2, 0.25) is 0 Å². The lowest BCUT2D eigenvalue weighted by Gasteiger charge is -2.02. The molecule has 2 rings (SSSR count). The number of hydrogen-bond donors (Lipinski definition) is 2. The zero-order chi connectivity index (χ0) is 11.2. The number of ether oxygens (including phenoxy) is 1. The van der Waals surface area contributed by atoms with Gasteiger partial charge in [-0.15, -0.1) is 0 Å². The van der Waals surface area contributed by atoms with Crippen LogP contribution in [-0.2, 0) is 11.2 Å².